The topological polar surface area (TPSA) is 96.3 Å². The molecule has 0 bridgehead atoms. The lowest BCUT2D eigenvalue weighted by atomic mass is 10.4. The van der Waals surface area contributed by atoms with E-state index in [0.29, 0.717) is 29.8 Å². The van der Waals surface area contributed by atoms with E-state index < -0.39 is 10.0 Å². The summed E-state index contributed by atoms with van der Waals surface area (Å²) in [5, 5.41) is 7.04. The number of nitrogens with one attached hydrogen (secondary N) is 2. The summed E-state index contributed by atoms with van der Waals surface area (Å²) in [4.78, 5) is 14.0. The largest absolute Gasteiger partial charge is 0.381 e. The highest BCUT2D eigenvalue weighted by Crippen LogP contribution is 2.15. The van der Waals surface area contributed by atoms with E-state index in [0.717, 1.165) is 6.26 Å². The molecule has 21 heavy (non-hydrogen) atoms. The van der Waals surface area contributed by atoms with E-state index in [-0.39, 0.29) is 12.1 Å². The first kappa shape index (κ1) is 18.1. The SMILES string of the molecule is CN(C)CCn1ncc(NCCNS(C)(=O)=O)c(Br)c1=O. The quantitative estimate of drug-likeness (QED) is 0.590. The van der Waals surface area contributed by atoms with Gasteiger partial charge in [0.25, 0.3) is 5.56 Å². The van der Waals surface area contributed by atoms with Gasteiger partial charge < -0.3 is 10.2 Å². The highest BCUT2D eigenvalue weighted by molar-refractivity contribution is 9.10. The van der Waals surface area contributed by atoms with Crippen LogP contribution >= 0.6 is 15.9 Å². The van der Waals surface area contributed by atoms with Gasteiger partial charge in [-0.2, -0.15) is 5.10 Å². The number of sulfonamides is 1. The van der Waals surface area contributed by atoms with Crippen LogP contribution in [0.4, 0.5) is 5.69 Å². The molecule has 1 aromatic rings. The minimum Gasteiger partial charge on any atom is -0.381 e. The molecule has 8 nitrogen and oxygen atoms in total. The molecule has 0 aliphatic rings. The van der Waals surface area contributed by atoms with Gasteiger partial charge in [-0.15, -0.1) is 0 Å². The number of likely N-dealkylation sites (N-methyl/N-ethyl adjacent to an activating group) is 1. The Morgan fingerprint density at radius 3 is 2.62 bits per heavy atom. The highest BCUT2D eigenvalue weighted by atomic mass is 79.9. The van der Waals surface area contributed by atoms with Crippen molar-refractivity contribution in [2.75, 3.05) is 45.3 Å². The number of hydrogen-bond donors (Lipinski definition) is 2. The van der Waals surface area contributed by atoms with Gasteiger partial charge in [-0.25, -0.2) is 17.8 Å². The van der Waals surface area contributed by atoms with E-state index in [9.17, 15) is 13.2 Å². The van der Waals surface area contributed by atoms with Crippen molar-refractivity contribution in [3.8, 4) is 0 Å². The first-order valence-electron chi connectivity index (χ1n) is 6.29. The molecule has 1 aromatic heterocycles. The van der Waals surface area contributed by atoms with Crippen molar-refractivity contribution in [1.82, 2.24) is 19.4 Å². The third kappa shape index (κ3) is 6.55. The van der Waals surface area contributed by atoms with Crippen molar-refractivity contribution in [2.45, 2.75) is 6.54 Å². The molecule has 0 saturated carbocycles. The summed E-state index contributed by atoms with van der Waals surface area (Å²) in [6.45, 7) is 1.80. The average Bonchev–Trinajstić information content (AvgIpc) is 2.37. The fourth-order valence-corrected chi connectivity index (χ4v) is 2.40. The molecular weight excluding hydrogens is 362 g/mol. The minimum absolute atomic E-state index is 0.224. The lowest BCUT2D eigenvalue weighted by molar-refractivity contribution is 0.367. The number of hydrogen-bond acceptors (Lipinski definition) is 6. The molecule has 0 atom stereocenters. The van der Waals surface area contributed by atoms with Gasteiger partial charge in [0, 0.05) is 19.6 Å². The Morgan fingerprint density at radius 2 is 2.05 bits per heavy atom. The molecule has 120 valence electrons. The molecule has 0 unspecified atom stereocenters. The zero-order chi connectivity index (χ0) is 16.0. The number of aromatic nitrogens is 2. The van der Waals surface area contributed by atoms with Crippen LogP contribution in [0.5, 0.6) is 0 Å². The van der Waals surface area contributed by atoms with Gasteiger partial charge in [0.15, 0.2) is 0 Å². The summed E-state index contributed by atoms with van der Waals surface area (Å²) in [6.07, 6.45) is 2.64. The number of halogens is 1. The van der Waals surface area contributed by atoms with Crippen molar-refractivity contribution < 1.29 is 8.42 Å². The van der Waals surface area contributed by atoms with Crippen LogP contribution in [-0.2, 0) is 16.6 Å². The van der Waals surface area contributed by atoms with Crippen LogP contribution in [0, 0.1) is 0 Å². The molecule has 0 aromatic carbocycles. The number of rotatable bonds is 8. The van der Waals surface area contributed by atoms with Crippen LogP contribution in [-0.4, -0.2) is 63.1 Å². The van der Waals surface area contributed by atoms with Crippen molar-refractivity contribution in [3.05, 3.63) is 21.0 Å². The normalized spacial score (nSPS) is 11.9. The molecule has 1 heterocycles. The number of nitrogens with zero attached hydrogens (tertiary/aromatic N) is 3. The lowest BCUT2D eigenvalue weighted by Crippen LogP contribution is -2.30. The molecule has 1 rings (SSSR count). The predicted octanol–water partition coefficient (Wildman–Crippen LogP) is -0.471. The Kier molecular flexibility index (Phi) is 6.78. The van der Waals surface area contributed by atoms with E-state index in [1.54, 1.807) is 6.20 Å². The first-order chi connectivity index (χ1) is 9.70. The van der Waals surface area contributed by atoms with Crippen LogP contribution in [0.1, 0.15) is 0 Å². The van der Waals surface area contributed by atoms with Gasteiger partial charge in [0.05, 0.1) is 24.7 Å². The highest BCUT2D eigenvalue weighted by Gasteiger charge is 2.09. The molecule has 0 amide bonds. The predicted molar refractivity (Wildman–Crippen MR) is 86.1 cm³/mol. The average molecular weight is 382 g/mol. The van der Waals surface area contributed by atoms with E-state index in [1.807, 2.05) is 19.0 Å². The van der Waals surface area contributed by atoms with Crippen molar-refractivity contribution in [1.29, 1.82) is 0 Å². The Morgan fingerprint density at radius 1 is 1.38 bits per heavy atom. The summed E-state index contributed by atoms with van der Waals surface area (Å²) in [7, 11) is 0.636. The Balaban J connectivity index is 2.65. The Bertz CT molecular complexity index is 629. The van der Waals surface area contributed by atoms with E-state index in [2.05, 4.69) is 31.1 Å². The van der Waals surface area contributed by atoms with E-state index in [4.69, 9.17) is 0 Å². The van der Waals surface area contributed by atoms with Gasteiger partial charge in [-0.3, -0.25) is 4.79 Å². The summed E-state index contributed by atoms with van der Waals surface area (Å²) in [5.41, 5.74) is 0.314. The third-order valence-corrected chi connectivity index (χ3v) is 4.04. The molecule has 0 radical (unpaired) electrons. The summed E-state index contributed by atoms with van der Waals surface area (Å²) in [5.74, 6) is 0. The molecule has 0 spiro atoms. The van der Waals surface area contributed by atoms with Crippen molar-refractivity contribution in [3.63, 3.8) is 0 Å². The van der Waals surface area contributed by atoms with Gasteiger partial charge in [0.1, 0.15) is 4.47 Å². The van der Waals surface area contributed by atoms with Crippen molar-refractivity contribution in [2.24, 2.45) is 0 Å². The Labute approximate surface area is 132 Å². The van der Waals surface area contributed by atoms with Gasteiger partial charge in [0.2, 0.25) is 10.0 Å². The zero-order valence-electron chi connectivity index (χ0n) is 12.3. The van der Waals surface area contributed by atoms with E-state index >= 15 is 0 Å². The third-order valence-electron chi connectivity index (χ3n) is 2.55. The fourth-order valence-electron chi connectivity index (χ4n) is 1.48. The molecule has 0 aliphatic carbocycles. The summed E-state index contributed by atoms with van der Waals surface area (Å²) < 4.78 is 26.0. The molecule has 0 saturated heterocycles. The number of anilines is 1. The molecular formula is C11H20BrN5O3S. The summed E-state index contributed by atoms with van der Waals surface area (Å²) >= 11 is 3.24. The molecule has 0 aliphatic heterocycles. The van der Waals surface area contributed by atoms with Crippen LogP contribution in [0.25, 0.3) is 0 Å². The van der Waals surface area contributed by atoms with Crippen LogP contribution < -0.4 is 15.6 Å². The maximum atomic E-state index is 12.1. The Hall–Kier alpha value is -0.970. The zero-order valence-corrected chi connectivity index (χ0v) is 14.7. The first-order valence-corrected chi connectivity index (χ1v) is 8.98. The van der Waals surface area contributed by atoms with Gasteiger partial charge in [-0.1, -0.05) is 0 Å². The standard InChI is InChI=1S/C11H20BrN5O3S/c1-16(2)6-7-17-11(18)10(12)9(8-14-17)13-4-5-15-21(3,19)20/h8,13,15H,4-7H2,1-3H3. The molecule has 2 N–H and O–H groups in total. The van der Waals surface area contributed by atoms with Crippen molar-refractivity contribution >= 4 is 31.6 Å². The lowest BCUT2D eigenvalue weighted by Gasteiger charge is -2.12. The maximum Gasteiger partial charge on any atom is 0.283 e. The molecule has 10 heteroatoms. The second kappa shape index (κ2) is 7.87. The van der Waals surface area contributed by atoms with Crippen LogP contribution in [0.3, 0.4) is 0 Å². The smallest absolute Gasteiger partial charge is 0.283 e. The maximum absolute atomic E-state index is 12.1. The van der Waals surface area contributed by atoms with Gasteiger partial charge >= 0.3 is 0 Å². The van der Waals surface area contributed by atoms with Gasteiger partial charge in [-0.05, 0) is 30.0 Å². The molecule has 0 fully saturated rings. The second-order valence-corrected chi connectivity index (χ2v) is 7.42. The fraction of sp³-hybridized carbons (Fsp3) is 0.636. The van der Waals surface area contributed by atoms with E-state index in [1.165, 1.54) is 4.68 Å². The van der Waals surface area contributed by atoms with Crippen LogP contribution in [0.15, 0.2) is 15.5 Å². The second-order valence-electron chi connectivity index (χ2n) is 4.80. The summed E-state index contributed by atoms with van der Waals surface area (Å²) in [6, 6.07) is 0. The minimum atomic E-state index is -3.21. The monoisotopic (exact) mass is 381 g/mol. The van der Waals surface area contributed by atoms with Crippen LogP contribution in [0.2, 0.25) is 0 Å².